The third kappa shape index (κ3) is 3.72. The average Bonchev–Trinajstić information content (AvgIpc) is 2.37. The summed E-state index contributed by atoms with van der Waals surface area (Å²) in [6.07, 6.45) is 0. The summed E-state index contributed by atoms with van der Waals surface area (Å²) in [5, 5.41) is 0.676. The first kappa shape index (κ1) is 13.9. The highest BCUT2D eigenvalue weighted by Gasteiger charge is 2.09. The highest BCUT2D eigenvalue weighted by Crippen LogP contribution is 2.27. The van der Waals surface area contributed by atoms with E-state index in [2.05, 4.69) is 25.1 Å². The summed E-state index contributed by atoms with van der Waals surface area (Å²) >= 11 is 5.99. The number of halogens is 1. The predicted molar refractivity (Wildman–Crippen MR) is 79.6 cm³/mol. The van der Waals surface area contributed by atoms with Crippen LogP contribution < -0.4 is 10.5 Å². The molecule has 2 rings (SSSR count). The first-order valence-electron chi connectivity index (χ1n) is 6.29. The second-order valence-corrected chi connectivity index (χ2v) is 5.18. The van der Waals surface area contributed by atoms with Gasteiger partial charge < -0.3 is 10.5 Å². The molecule has 0 heterocycles. The van der Waals surface area contributed by atoms with E-state index in [1.54, 1.807) is 0 Å². The summed E-state index contributed by atoms with van der Waals surface area (Å²) < 4.78 is 5.86. The molecule has 0 aromatic heterocycles. The molecule has 0 radical (unpaired) electrons. The summed E-state index contributed by atoms with van der Waals surface area (Å²) in [4.78, 5) is 0. The van der Waals surface area contributed by atoms with Gasteiger partial charge in [0.25, 0.3) is 0 Å². The van der Waals surface area contributed by atoms with Gasteiger partial charge in [-0.1, -0.05) is 41.4 Å². The van der Waals surface area contributed by atoms with Crippen molar-refractivity contribution < 1.29 is 4.74 Å². The Morgan fingerprint density at radius 1 is 1.21 bits per heavy atom. The van der Waals surface area contributed by atoms with Crippen molar-refractivity contribution >= 4 is 11.6 Å². The van der Waals surface area contributed by atoms with Crippen molar-refractivity contribution in [2.75, 3.05) is 0 Å². The zero-order valence-electron chi connectivity index (χ0n) is 11.2. The number of aryl methyl sites for hydroxylation is 1. The Hall–Kier alpha value is -1.51. The van der Waals surface area contributed by atoms with Crippen molar-refractivity contribution in [1.82, 2.24) is 0 Å². The first-order valence-corrected chi connectivity index (χ1v) is 6.67. The molecule has 2 nitrogen and oxygen atoms in total. The van der Waals surface area contributed by atoms with Crippen LogP contribution in [0.15, 0.2) is 42.5 Å². The number of benzene rings is 2. The molecule has 0 aliphatic rings. The summed E-state index contributed by atoms with van der Waals surface area (Å²) in [5.41, 5.74) is 9.24. The van der Waals surface area contributed by atoms with E-state index in [1.165, 1.54) is 5.56 Å². The lowest BCUT2D eigenvalue weighted by Gasteiger charge is -2.14. The minimum Gasteiger partial charge on any atom is -0.489 e. The van der Waals surface area contributed by atoms with E-state index in [-0.39, 0.29) is 6.04 Å². The fourth-order valence-corrected chi connectivity index (χ4v) is 2.15. The van der Waals surface area contributed by atoms with Gasteiger partial charge in [0, 0.05) is 16.6 Å². The number of rotatable bonds is 4. The van der Waals surface area contributed by atoms with E-state index in [0.29, 0.717) is 11.6 Å². The first-order chi connectivity index (χ1) is 9.06. The molecule has 3 heteroatoms. The van der Waals surface area contributed by atoms with Crippen molar-refractivity contribution in [3.8, 4) is 5.75 Å². The van der Waals surface area contributed by atoms with Crippen LogP contribution in [-0.2, 0) is 6.61 Å². The largest absolute Gasteiger partial charge is 0.489 e. The van der Waals surface area contributed by atoms with Crippen LogP contribution in [0.25, 0.3) is 0 Å². The lowest BCUT2D eigenvalue weighted by Crippen LogP contribution is -2.08. The maximum Gasteiger partial charge on any atom is 0.124 e. The van der Waals surface area contributed by atoms with Crippen LogP contribution in [0, 0.1) is 6.92 Å². The van der Waals surface area contributed by atoms with Crippen LogP contribution in [0.3, 0.4) is 0 Å². The van der Waals surface area contributed by atoms with Gasteiger partial charge in [0.15, 0.2) is 0 Å². The lowest BCUT2D eigenvalue weighted by molar-refractivity contribution is 0.301. The van der Waals surface area contributed by atoms with E-state index in [1.807, 2.05) is 31.2 Å². The molecule has 0 unspecified atom stereocenters. The second kappa shape index (κ2) is 6.09. The molecule has 100 valence electrons. The van der Waals surface area contributed by atoms with Gasteiger partial charge in [-0.15, -0.1) is 0 Å². The van der Waals surface area contributed by atoms with Crippen LogP contribution in [-0.4, -0.2) is 0 Å². The van der Waals surface area contributed by atoms with Crippen molar-refractivity contribution in [2.24, 2.45) is 5.73 Å². The minimum absolute atomic E-state index is 0.105. The van der Waals surface area contributed by atoms with E-state index >= 15 is 0 Å². The number of ether oxygens (including phenoxy) is 1. The van der Waals surface area contributed by atoms with E-state index < -0.39 is 0 Å². The van der Waals surface area contributed by atoms with Gasteiger partial charge in [0.05, 0.1) is 0 Å². The van der Waals surface area contributed by atoms with Crippen molar-refractivity contribution in [3.05, 3.63) is 64.2 Å². The Bertz CT molecular complexity index is 566. The summed E-state index contributed by atoms with van der Waals surface area (Å²) in [6.45, 7) is 4.52. The third-order valence-electron chi connectivity index (χ3n) is 2.94. The summed E-state index contributed by atoms with van der Waals surface area (Å²) in [6, 6.07) is 13.7. The molecule has 0 aliphatic heterocycles. The maximum atomic E-state index is 5.99. The van der Waals surface area contributed by atoms with Crippen LogP contribution in [0.1, 0.15) is 29.7 Å². The van der Waals surface area contributed by atoms with E-state index in [0.717, 1.165) is 16.9 Å². The van der Waals surface area contributed by atoms with Crippen molar-refractivity contribution in [1.29, 1.82) is 0 Å². The van der Waals surface area contributed by atoms with Gasteiger partial charge in [-0.05, 0) is 37.6 Å². The van der Waals surface area contributed by atoms with Gasteiger partial charge in [0.1, 0.15) is 12.4 Å². The zero-order valence-corrected chi connectivity index (χ0v) is 11.9. The van der Waals surface area contributed by atoms with Gasteiger partial charge in [-0.2, -0.15) is 0 Å². The fraction of sp³-hybridized carbons (Fsp3) is 0.250. The van der Waals surface area contributed by atoms with Gasteiger partial charge in [0.2, 0.25) is 0 Å². The molecular weight excluding hydrogens is 258 g/mol. The Morgan fingerprint density at radius 2 is 2.00 bits per heavy atom. The van der Waals surface area contributed by atoms with Crippen LogP contribution in [0.4, 0.5) is 0 Å². The van der Waals surface area contributed by atoms with Gasteiger partial charge in [-0.25, -0.2) is 0 Å². The minimum atomic E-state index is -0.105. The molecule has 1 atom stereocenters. The molecule has 19 heavy (non-hydrogen) atoms. The zero-order chi connectivity index (χ0) is 13.8. The van der Waals surface area contributed by atoms with Crippen LogP contribution in [0.2, 0.25) is 5.02 Å². The molecule has 0 saturated heterocycles. The Balaban J connectivity index is 2.15. The molecule has 0 fully saturated rings. The second-order valence-electron chi connectivity index (χ2n) is 4.75. The Kier molecular flexibility index (Phi) is 4.46. The average molecular weight is 276 g/mol. The SMILES string of the molecule is Cc1cccc(COc2ccc(Cl)cc2[C@@H](C)N)c1. The smallest absolute Gasteiger partial charge is 0.124 e. The topological polar surface area (TPSA) is 35.2 Å². The van der Waals surface area contributed by atoms with E-state index in [9.17, 15) is 0 Å². The maximum absolute atomic E-state index is 5.99. The monoisotopic (exact) mass is 275 g/mol. The predicted octanol–water partition coefficient (Wildman–Crippen LogP) is 4.25. The van der Waals surface area contributed by atoms with Crippen molar-refractivity contribution in [3.63, 3.8) is 0 Å². The molecule has 0 saturated carbocycles. The van der Waals surface area contributed by atoms with Gasteiger partial charge >= 0.3 is 0 Å². The third-order valence-corrected chi connectivity index (χ3v) is 3.17. The molecule has 0 aliphatic carbocycles. The lowest BCUT2D eigenvalue weighted by atomic mass is 10.1. The molecule has 2 aromatic rings. The molecule has 0 bridgehead atoms. The molecule has 0 spiro atoms. The van der Waals surface area contributed by atoms with Crippen molar-refractivity contribution in [2.45, 2.75) is 26.5 Å². The standard InChI is InChI=1S/C16H18ClNO/c1-11-4-3-5-13(8-11)10-19-16-7-6-14(17)9-15(16)12(2)18/h3-9,12H,10,18H2,1-2H3/t12-/m1/s1. The van der Waals surface area contributed by atoms with E-state index in [4.69, 9.17) is 22.1 Å². The highest BCUT2D eigenvalue weighted by atomic mass is 35.5. The number of hydrogen-bond acceptors (Lipinski definition) is 2. The quantitative estimate of drug-likeness (QED) is 0.905. The Labute approximate surface area is 119 Å². The summed E-state index contributed by atoms with van der Waals surface area (Å²) in [5.74, 6) is 0.793. The van der Waals surface area contributed by atoms with Gasteiger partial charge in [-0.3, -0.25) is 0 Å². The highest BCUT2D eigenvalue weighted by molar-refractivity contribution is 6.30. The molecule has 2 N–H and O–H groups in total. The Morgan fingerprint density at radius 3 is 2.68 bits per heavy atom. The number of nitrogens with two attached hydrogens (primary N) is 1. The molecular formula is C16H18ClNO. The van der Waals surface area contributed by atoms with Crippen LogP contribution >= 0.6 is 11.6 Å². The van der Waals surface area contributed by atoms with Crippen LogP contribution in [0.5, 0.6) is 5.75 Å². The normalized spacial score (nSPS) is 12.2. The number of hydrogen-bond donors (Lipinski definition) is 1. The molecule has 0 amide bonds. The molecule has 2 aromatic carbocycles. The fourth-order valence-electron chi connectivity index (χ4n) is 1.97. The summed E-state index contributed by atoms with van der Waals surface area (Å²) in [7, 11) is 0.